The van der Waals surface area contributed by atoms with Gasteiger partial charge in [0.1, 0.15) is 0 Å². The van der Waals surface area contributed by atoms with E-state index in [1.807, 2.05) is 18.2 Å². The van der Waals surface area contributed by atoms with E-state index in [0.29, 0.717) is 0 Å². The molecule has 0 radical (unpaired) electrons. The standard InChI is InChI=1S/C18H21Cl/c1-2-15-11-13-16(14-12-15)7-6-10-18(19)17-8-4-3-5-9-17/h3-5,8-9,11-14,18H,2,6-7,10H2,1H3. The summed E-state index contributed by atoms with van der Waals surface area (Å²) in [5.74, 6) is 0. The number of halogens is 1. The molecule has 0 N–H and O–H groups in total. The number of alkyl halides is 1. The largest absolute Gasteiger partial charge is 0.118 e. The van der Waals surface area contributed by atoms with E-state index in [1.54, 1.807) is 0 Å². The SMILES string of the molecule is CCc1ccc(CCCC(Cl)c2ccccc2)cc1. The highest BCUT2D eigenvalue weighted by atomic mass is 35.5. The molecule has 1 heteroatoms. The lowest BCUT2D eigenvalue weighted by Crippen LogP contribution is -1.93. The lowest BCUT2D eigenvalue weighted by molar-refractivity contribution is 0.716. The summed E-state index contributed by atoms with van der Waals surface area (Å²) in [5, 5.41) is 0.135. The maximum absolute atomic E-state index is 6.42. The minimum Gasteiger partial charge on any atom is -0.118 e. The summed E-state index contributed by atoms with van der Waals surface area (Å²) in [5.41, 5.74) is 4.04. The van der Waals surface area contributed by atoms with E-state index in [4.69, 9.17) is 11.6 Å². The number of hydrogen-bond acceptors (Lipinski definition) is 0. The fraction of sp³-hybridized carbons (Fsp3) is 0.333. The van der Waals surface area contributed by atoms with Crippen molar-refractivity contribution in [2.24, 2.45) is 0 Å². The molecule has 0 saturated heterocycles. The second-order valence-corrected chi connectivity index (χ2v) is 5.47. The molecule has 1 atom stereocenters. The highest BCUT2D eigenvalue weighted by Crippen LogP contribution is 2.26. The second kappa shape index (κ2) is 7.35. The van der Waals surface area contributed by atoms with Crippen LogP contribution in [0.5, 0.6) is 0 Å². The first-order valence-electron chi connectivity index (χ1n) is 7.06. The molecule has 0 saturated carbocycles. The predicted molar refractivity (Wildman–Crippen MR) is 83.8 cm³/mol. The number of benzene rings is 2. The first-order valence-corrected chi connectivity index (χ1v) is 7.50. The third kappa shape index (κ3) is 4.40. The molecule has 0 nitrogen and oxygen atoms in total. The van der Waals surface area contributed by atoms with Gasteiger partial charge in [-0.15, -0.1) is 11.6 Å². The monoisotopic (exact) mass is 272 g/mol. The van der Waals surface area contributed by atoms with E-state index >= 15 is 0 Å². The van der Waals surface area contributed by atoms with E-state index in [1.165, 1.54) is 16.7 Å². The molecule has 2 aromatic carbocycles. The summed E-state index contributed by atoms with van der Waals surface area (Å²) in [4.78, 5) is 0. The Morgan fingerprint density at radius 1 is 0.895 bits per heavy atom. The first-order chi connectivity index (χ1) is 9.29. The van der Waals surface area contributed by atoms with Crippen LogP contribution in [0.25, 0.3) is 0 Å². The third-order valence-corrected chi connectivity index (χ3v) is 3.99. The van der Waals surface area contributed by atoms with Gasteiger partial charge in [-0.25, -0.2) is 0 Å². The molecule has 1 unspecified atom stereocenters. The zero-order valence-electron chi connectivity index (χ0n) is 11.5. The van der Waals surface area contributed by atoms with Crippen molar-refractivity contribution in [3.63, 3.8) is 0 Å². The summed E-state index contributed by atoms with van der Waals surface area (Å²) in [6.45, 7) is 2.19. The Bertz CT molecular complexity index is 473. The summed E-state index contributed by atoms with van der Waals surface area (Å²) >= 11 is 6.42. The summed E-state index contributed by atoms with van der Waals surface area (Å²) in [7, 11) is 0. The van der Waals surface area contributed by atoms with Gasteiger partial charge in [-0.2, -0.15) is 0 Å². The fourth-order valence-corrected chi connectivity index (χ4v) is 2.56. The van der Waals surface area contributed by atoms with Gasteiger partial charge in [0.25, 0.3) is 0 Å². The highest BCUT2D eigenvalue weighted by Gasteiger charge is 2.06. The van der Waals surface area contributed by atoms with Crippen LogP contribution in [0.3, 0.4) is 0 Å². The molecule has 0 aliphatic heterocycles. The van der Waals surface area contributed by atoms with Crippen LogP contribution in [-0.4, -0.2) is 0 Å². The maximum Gasteiger partial charge on any atom is 0.0585 e. The molecule has 0 spiro atoms. The van der Waals surface area contributed by atoms with Gasteiger partial charge >= 0.3 is 0 Å². The average molecular weight is 273 g/mol. The molecule has 19 heavy (non-hydrogen) atoms. The molecule has 0 heterocycles. The molecule has 0 amide bonds. The molecule has 0 aliphatic rings. The van der Waals surface area contributed by atoms with Crippen molar-refractivity contribution < 1.29 is 0 Å². The lowest BCUT2D eigenvalue weighted by Gasteiger charge is -2.09. The Hall–Kier alpha value is -1.27. The first kappa shape index (κ1) is 14.1. The molecule has 0 aromatic heterocycles. The molecule has 0 bridgehead atoms. The van der Waals surface area contributed by atoms with Gasteiger partial charge in [0, 0.05) is 0 Å². The molecule has 2 rings (SSSR count). The molecule has 100 valence electrons. The molecule has 2 aromatic rings. The maximum atomic E-state index is 6.42. The zero-order valence-corrected chi connectivity index (χ0v) is 12.2. The van der Waals surface area contributed by atoms with Crippen LogP contribution in [-0.2, 0) is 12.8 Å². The van der Waals surface area contributed by atoms with Crippen LogP contribution < -0.4 is 0 Å². The predicted octanol–water partition coefficient (Wildman–Crippen LogP) is 5.55. The van der Waals surface area contributed by atoms with E-state index < -0.39 is 0 Å². The van der Waals surface area contributed by atoms with Gasteiger partial charge in [0.05, 0.1) is 5.38 Å². The van der Waals surface area contributed by atoms with Crippen LogP contribution in [0, 0.1) is 0 Å². The Morgan fingerprint density at radius 2 is 1.53 bits per heavy atom. The van der Waals surface area contributed by atoms with Crippen LogP contribution in [0.15, 0.2) is 54.6 Å². The lowest BCUT2D eigenvalue weighted by atomic mass is 10.0. The molecular formula is C18H21Cl. The van der Waals surface area contributed by atoms with Crippen molar-refractivity contribution >= 4 is 11.6 Å². The minimum atomic E-state index is 0.135. The molecule has 0 fully saturated rings. The van der Waals surface area contributed by atoms with Gasteiger partial charge in [0.2, 0.25) is 0 Å². The smallest absolute Gasteiger partial charge is 0.0585 e. The van der Waals surface area contributed by atoms with Gasteiger partial charge in [-0.3, -0.25) is 0 Å². The second-order valence-electron chi connectivity index (χ2n) is 4.94. The zero-order chi connectivity index (χ0) is 13.5. The average Bonchev–Trinajstić information content (AvgIpc) is 2.49. The van der Waals surface area contributed by atoms with Crippen molar-refractivity contribution in [2.75, 3.05) is 0 Å². The van der Waals surface area contributed by atoms with Crippen LogP contribution in [0.2, 0.25) is 0 Å². The molecule has 0 aliphatic carbocycles. The van der Waals surface area contributed by atoms with E-state index in [0.717, 1.165) is 25.7 Å². The number of hydrogen-bond donors (Lipinski definition) is 0. The van der Waals surface area contributed by atoms with E-state index in [-0.39, 0.29) is 5.38 Å². The number of rotatable bonds is 6. The van der Waals surface area contributed by atoms with Crippen LogP contribution in [0.1, 0.15) is 41.8 Å². The van der Waals surface area contributed by atoms with Crippen molar-refractivity contribution in [3.8, 4) is 0 Å². The molecular weight excluding hydrogens is 252 g/mol. The Labute approximate surface area is 121 Å². The quantitative estimate of drug-likeness (QED) is 0.605. The minimum absolute atomic E-state index is 0.135. The van der Waals surface area contributed by atoms with Gasteiger partial charge in [-0.05, 0) is 42.4 Å². The Kier molecular flexibility index (Phi) is 5.47. The van der Waals surface area contributed by atoms with E-state index in [9.17, 15) is 0 Å². The topological polar surface area (TPSA) is 0 Å². The summed E-state index contributed by atoms with van der Waals surface area (Å²) < 4.78 is 0. The summed E-state index contributed by atoms with van der Waals surface area (Å²) in [6, 6.07) is 19.3. The number of aryl methyl sites for hydroxylation is 2. The van der Waals surface area contributed by atoms with Crippen molar-refractivity contribution in [2.45, 2.75) is 38.0 Å². The van der Waals surface area contributed by atoms with Gasteiger partial charge < -0.3 is 0 Å². The normalized spacial score (nSPS) is 12.3. The van der Waals surface area contributed by atoms with E-state index in [2.05, 4.69) is 43.3 Å². The van der Waals surface area contributed by atoms with Crippen molar-refractivity contribution in [3.05, 3.63) is 71.3 Å². The van der Waals surface area contributed by atoms with Crippen LogP contribution >= 0.6 is 11.6 Å². The van der Waals surface area contributed by atoms with Crippen molar-refractivity contribution in [1.29, 1.82) is 0 Å². The fourth-order valence-electron chi connectivity index (χ4n) is 2.26. The third-order valence-electron chi connectivity index (χ3n) is 3.52. The van der Waals surface area contributed by atoms with Gasteiger partial charge in [-0.1, -0.05) is 61.5 Å². The Morgan fingerprint density at radius 3 is 2.16 bits per heavy atom. The highest BCUT2D eigenvalue weighted by molar-refractivity contribution is 6.20. The summed E-state index contributed by atoms with van der Waals surface area (Å²) in [6.07, 6.45) is 4.38. The van der Waals surface area contributed by atoms with Gasteiger partial charge in [0.15, 0.2) is 0 Å². The van der Waals surface area contributed by atoms with Crippen LogP contribution in [0.4, 0.5) is 0 Å². The Balaban J connectivity index is 1.79. The van der Waals surface area contributed by atoms with Crippen molar-refractivity contribution in [1.82, 2.24) is 0 Å².